The van der Waals surface area contributed by atoms with Gasteiger partial charge in [0.15, 0.2) is 6.04 Å². The monoisotopic (exact) mass is 350 g/mol. The Morgan fingerprint density at radius 1 is 1.08 bits per heavy atom. The summed E-state index contributed by atoms with van der Waals surface area (Å²) in [6, 6.07) is 19.1. The van der Waals surface area contributed by atoms with E-state index in [0.717, 1.165) is 11.1 Å². The zero-order valence-corrected chi connectivity index (χ0v) is 14.5. The third-order valence-corrected chi connectivity index (χ3v) is 5.03. The minimum Gasteiger partial charge on any atom is -0.471 e. The van der Waals surface area contributed by atoms with Crippen LogP contribution in [-0.2, 0) is 16.1 Å². The lowest BCUT2D eigenvalue weighted by atomic mass is 9.92. The lowest BCUT2D eigenvalue weighted by Crippen LogP contribution is -2.54. The average molecular weight is 350 g/mol. The molecule has 0 saturated carbocycles. The van der Waals surface area contributed by atoms with Crippen molar-refractivity contribution in [3.63, 3.8) is 0 Å². The van der Waals surface area contributed by atoms with Gasteiger partial charge in [0.05, 0.1) is 0 Å². The molecule has 5 heteroatoms. The van der Waals surface area contributed by atoms with Crippen LogP contribution in [0.15, 0.2) is 65.7 Å². The molecular formula is C21H22N2O3. The van der Waals surface area contributed by atoms with E-state index in [1.807, 2.05) is 65.6 Å². The van der Waals surface area contributed by atoms with Gasteiger partial charge in [-0.25, -0.2) is 4.99 Å². The predicted octanol–water partition coefficient (Wildman–Crippen LogP) is 2.38. The Labute approximate surface area is 152 Å². The molecule has 134 valence electrons. The summed E-state index contributed by atoms with van der Waals surface area (Å²) < 4.78 is 6.02. The number of rotatable bonds is 5. The van der Waals surface area contributed by atoms with Gasteiger partial charge in [-0.05, 0) is 24.1 Å². The first kappa shape index (κ1) is 16.8. The zero-order valence-electron chi connectivity index (χ0n) is 14.5. The van der Waals surface area contributed by atoms with Crippen molar-refractivity contribution in [2.75, 3.05) is 6.61 Å². The highest BCUT2D eigenvalue weighted by Gasteiger charge is 2.46. The maximum Gasteiger partial charge on any atom is 0.251 e. The van der Waals surface area contributed by atoms with Crippen molar-refractivity contribution in [1.29, 1.82) is 0 Å². The summed E-state index contributed by atoms with van der Waals surface area (Å²) in [6.07, 6.45) is 0.983. The molecule has 1 N–H and O–H groups in total. The Morgan fingerprint density at radius 2 is 1.77 bits per heavy atom. The minimum atomic E-state index is -0.496. The van der Waals surface area contributed by atoms with Crippen LogP contribution in [0.3, 0.4) is 0 Å². The smallest absolute Gasteiger partial charge is 0.251 e. The first-order valence-corrected chi connectivity index (χ1v) is 9.01. The largest absolute Gasteiger partial charge is 0.471 e. The van der Waals surface area contributed by atoms with E-state index in [4.69, 9.17) is 4.74 Å². The van der Waals surface area contributed by atoms with E-state index < -0.39 is 6.04 Å². The van der Waals surface area contributed by atoms with Crippen LogP contribution in [-0.4, -0.2) is 46.6 Å². The van der Waals surface area contributed by atoms with Crippen molar-refractivity contribution in [3.8, 4) is 0 Å². The molecule has 0 bridgehead atoms. The molecule has 1 amide bonds. The number of hydrogen-bond donors (Lipinski definition) is 1. The van der Waals surface area contributed by atoms with Crippen LogP contribution in [0.25, 0.3) is 0 Å². The SMILES string of the molecule is O=C1[C@H]2N=C(c3ccccc3)O[C@H]2C[C@@H](CCO)N1Cc1ccccc1. The second-order valence-electron chi connectivity index (χ2n) is 6.75. The van der Waals surface area contributed by atoms with Gasteiger partial charge in [-0.2, -0.15) is 0 Å². The molecule has 0 aromatic heterocycles. The molecule has 5 nitrogen and oxygen atoms in total. The van der Waals surface area contributed by atoms with Gasteiger partial charge in [0, 0.05) is 31.2 Å². The number of likely N-dealkylation sites (tertiary alicyclic amines) is 1. The van der Waals surface area contributed by atoms with Crippen LogP contribution in [0.4, 0.5) is 0 Å². The first-order valence-electron chi connectivity index (χ1n) is 9.01. The van der Waals surface area contributed by atoms with Crippen molar-refractivity contribution < 1.29 is 14.6 Å². The number of ether oxygens (including phenoxy) is 1. The standard InChI is InChI=1S/C21H22N2O3/c24-12-11-17-13-18-19(22-20(26-18)16-9-5-2-6-10-16)21(25)23(17)14-15-7-3-1-4-8-15/h1-10,17-19,24H,11-14H2/t17-,18+,19+/m1/s1. The Kier molecular flexibility index (Phi) is 4.71. The summed E-state index contributed by atoms with van der Waals surface area (Å²) in [5.41, 5.74) is 1.97. The number of carbonyl (C=O) groups is 1. The molecule has 1 saturated heterocycles. The Morgan fingerprint density at radius 3 is 2.46 bits per heavy atom. The van der Waals surface area contributed by atoms with Gasteiger partial charge in [0.1, 0.15) is 6.10 Å². The third-order valence-electron chi connectivity index (χ3n) is 5.03. The van der Waals surface area contributed by atoms with E-state index in [9.17, 15) is 9.90 Å². The number of hydrogen-bond acceptors (Lipinski definition) is 4. The number of amides is 1. The fraction of sp³-hybridized carbons (Fsp3) is 0.333. The molecule has 1 fully saturated rings. The van der Waals surface area contributed by atoms with Crippen molar-refractivity contribution >= 4 is 11.8 Å². The van der Waals surface area contributed by atoms with Crippen LogP contribution < -0.4 is 0 Å². The topological polar surface area (TPSA) is 62.1 Å². The normalized spacial score (nSPS) is 24.8. The third kappa shape index (κ3) is 3.22. The van der Waals surface area contributed by atoms with Crippen LogP contribution in [0.5, 0.6) is 0 Å². The molecule has 3 atom stereocenters. The lowest BCUT2D eigenvalue weighted by molar-refractivity contribution is -0.142. The summed E-state index contributed by atoms with van der Waals surface area (Å²) >= 11 is 0. The van der Waals surface area contributed by atoms with Gasteiger partial charge in [-0.15, -0.1) is 0 Å². The first-order chi connectivity index (χ1) is 12.8. The molecule has 4 rings (SSSR count). The molecule has 0 radical (unpaired) electrons. The van der Waals surface area contributed by atoms with Gasteiger partial charge < -0.3 is 14.7 Å². The van der Waals surface area contributed by atoms with Crippen LogP contribution in [0.1, 0.15) is 24.0 Å². The Hall–Kier alpha value is -2.66. The number of aliphatic hydroxyl groups is 1. The van der Waals surface area contributed by atoms with Crippen molar-refractivity contribution in [1.82, 2.24) is 4.90 Å². The molecule has 0 unspecified atom stereocenters. The molecule has 2 aromatic carbocycles. The highest BCUT2D eigenvalue weighted by molar-refractivity contribution is 5.99. The van der Waals surface area contributed by atoms with Crippen LogP contribution >= 0.6 is 0 Å². The summed E-state index contributed by atoms with van der Waals surface area (Å²) in [6.45, 7) is 0.580. The second-order valence-corrected chi connectivity index (χ2v) is 6.75. The molecule has 2 aliphatic rings. The minimum absolute atomic E-state index is 0.0190. The van der Waals surface area contributed by atoms with Crippen molar-refractivity contribution in [2.45, 2.75) is 37.6 Å². The number of nitrogens with zero attached hydrogens (tertiary/aromatic N) is 2. The number of aliphatic hydroxyl groups excluding tert-OH is 1. The fourth-order valence-electron chi connectivity index (χ4n) is 3.72. The van der Waals surface area contributed by atoms with Crippen molar-refractivity contribution in [2.24, 2.45) is 4.99 Å². The van der Waals surface area contributed by atoms with Gasteiger partial charge in [0.2, 0.25) is 5.90 Å². The molecule has 0 aliphatic carbocycles. The molecule has 2 aromatic rings. The highest BCUT2D eigenvalue weighted by Crippen LogP contribution is 2.32. The highest BCUT2D eigenvalue weighted by atomic mass is 16.5. The van der Waals surface area contributed by atoms with E-state index in [1.165, 1.54) is 0 Å². The summed E-state index contributed by atoms with van der Waals surface area (Å²) in [5, 5.41) is 9.45. The number of piperidine rings is 1. The average Bonchev–Trinajstić information content (AvgIpc) is 3.11. The zero-order chi connectivity index (χ0) is 17.9. The van der Waals surface area contributed by atoms with E-state index in [1.54, 1.807) is 0 Å². The van der Waals surface area contributed by atoms with E-state index >= 15 is 0 Å². The van der Waals surface area contributed by atoms with Crippen LogP contribution in [0.2, 0.25) is 0 Å². The van der Waals surface area contributed by atoms with Gasteiger partial charge in [0.25, 0.3) is 5.91 Å². The Balaban J connectivity index is 1.59. The molecule has 2 aliphatic heterocycles. The maximum atomic E-state index is 13.1. The number of fused-ring (bicyclic) bond motifs is 1. The quantitative estimate of drug-likeness (QED) is 0.901. The number of benzene rings is 2. The molecule has 0 spiro atoms. The number of aliphatic imine (C=N–C) groups is 1. The molecule has 2 heterocycles. The van der Waals surface area contributed by atoms with E-state index in [-0.39, 0.29) is 24.7 Å². The second kappa shape index (κ2) is 7.30. The molecular weight excluding hydrogens is 328 g/mol. The van der Waals surface area contributed by atoms with Gasteiger partial charge >= 0.3 is 0 Å². The van der Waals surface area contributed by atoms with E-state index in [2.05, 4.69) is 4.99 Å². The van der Waals surface area contributed by atoms with Crippen LogP contribution in [0, 0.1) is 0 Å². The summed E-state index contributed by atoms with van der Waals surface area (Å²) in [5.74, 6) is 0.521. The lowest BCUT2D eigenvalue weighted by Gasteiger charge is -2.39. The van der Waals surface area contributed by atoms with Crippen molar-refractivity contribution in [3.05, 3.63) is 71.8 Å². The summed E-state index contributed by atoms with van der Waals surface area (Å²) in [7, 11) is 0. The van der Waals surface area contributed by atoms with Gasteiger partial charge in [-0.1, -0.05) is 48.5 Å². The predicted molar refractivity (Wildman–Crippen MR) is 98.7 cm³/mol. The maximum absolute atomic E-state index is 13.1. The van der Waals surface area contributed by atoms with Gasteiger partial charge in [-0.3, -0.25) is 4.79 Å². The van der Waals surface area contributed by atoms with E-state index in [0.29, 0.717) is 25.3 Å². The molecule has 26 heavy (non-hydrogen) atoms. The summed E-state index contributed by atoms with van der Waals surface area (Å²) in [4.78, 5) is 19.6. The fourth-order valence-corrected chi connectivity index (χ4v) is 3.72. The Bertz CT molecular complexity index is 791. The number of carbonyl (C=O) groups excluding carboxylic acids is 1.